The van der Waals surface area contributed by atoms with E-state index in [1.54, 1.807) is 0 Å². The van der Waals surface area contributed by atoms with Crippen molar-refractivity contribution in [1.82, 2.24) is 0 Å². The maximum Gasteiger partial charge on any atom is 0.335 e. The van der Waals surface area contributed by atoms with Gasteiger partial charge in [-0.3, -0.25) is 0 Å². The fraction of sp³-hybridized carbons (Fsp3) is 0.375. The number of aliphatic hydroxyl groups is 1. The van der Waals surface area contributed by atoms with E-state index in [0.717, 1.165) is 0 Å². The fourth-order valence-corrected chi connectivity index (χ4v) is 0.861. The lowest BCUT2D eigenvalue weighted by atomic mass is 9.98. The van der Waals surface area contributed by atoms with Crippen LogP contribution in [0.5, 0.6) is 0 Å². The molecule has 11 heavy (non-hydrogen) atoms. The largest absolute Gasteiger partial charge is 0.478 e. The van der Waals surface area contributed by atoms with Gasteiger partial charge in [0.25, 0.3) is 0 Å². The van der Waals surface area contributed by atoms with Gasteiger partial charge in [-0.15, -0.1) is 0 Å². The molecule has 1 rings (SSSR count). The number of hydrogen-bond acceptors (Lipinski definition) is 2. The molecule has 3 nitrogen and oxygen atoms in total. The van der Waals surface area contributed by atoms with E-state index in [2.05, 4.69) is 0 Å². The Kier molecular flexibility index (Phi) is 2.01. The van der Waals surface area contributed by atoms with Gasteiger partial charge in [-0.05, 0) is 6.42 Å². The summed E-state index contributed by atoms with van der Waals surface area (Å²) in [6.07, 6.45) is 4.47. The minimum Gasteiger partial charge on any atom is -0.478 e. The maximum absolute atomic E-state index is 10.4. The number of rotatable bonds is 2. The average Bonchev–Trinajstić information content (AvgIpc) is 2.05. The molecule has 0 aliphatic heterocycles. The Morgan fingerprint density at radius 2 is 2.64 bits per heavy atom. The van der Waals surface area contributed by atoms with Crippen LogP contribution in [0.1, 0.15) is 7.79 Å². The van der Waals surface area contributed by atoms with Crippen LogP contribution in [0, 0.1) is 5.89 Å². The second-order valence-corrected chi connectivity index (χ2v) is 2.32. The molecule has 0 aromatic carbocycles. The van der Waals surface area contributed by atoms with Crippen molar-refractivity contribution in [2.24, 2.45) is 5.89 Å². The average molecular weight is 155 g/mol. The SMILES string of the molecule is [2H]C1(CO)C=CC(C(=O)O)=CC1. The third kappa shape index (κ3) is 1.91. The van der Waals surface area contributed by atoms with E-state index in [-0.39, 0.29) is 18.6 Å². The van der Waals surface area contributed by atoms with E-state index in [1.165, 1.54) is 18.2 Å². The molecule has 1 aliphatic rings. The highest BCUT2D eigenvalue weighted by atomic mass is 16.4. The van der Waals surface area contributed by atoms with Gasteiger partial charge in [-0.25, -0.2) is 4.79 Å². The number of allylic oxidation sites excluding steroid dienone is 1. The standard InChI is InChI=1S/C8H10O3/c9-5-6-1-3-7(4-2-6)8(10)11/h1,3-4,6,9H,2,5H2,(H,10,11)/i6D. The molecule has 0 heterocycles. The first-order chi connectivity index (χ1) is 5.57. The molecule has 0 aromatic rings. The van der Waals surface area contributed by atoms with E-state index in [1.807, 2.05) is 0 Å². The summed E-state index contributed by atoms with van der Waals surface area (Å²) in [5.74, 6) is -2.02. The summed E-state index contributed by atoms with van der Waals surface area (Å²) >= 11 is 0. The van der Waals surface area contributed by atoms with E-state index >= 15 is 0 Å². The lowest BCUT2D eigenvalue weighted by Crippen LogP contribution is -2.08. The van der Waals surface area contributed by atoms with E-state index in [4.69, 9.17) is 11.6 Å². The molecule has 0 saturated carbocycles. The molecule has 2 N–H and O–H groups in total. The van der Waals surface area contributed by atoms with Gasteiger partial charge < -0.3 is 10.2 Å². The Labute approximate surface area is 66.1 Å². The fourth-order valence-electron chi connectivity index (χ4n) is 0.861. The second kappa shape index (κ2) is 3.34. The quantitative estimate of drug-likeness (QED) is 0.612. The Balaban J connectivity index is 2.74. The summed E-state index contributed by atoms with van der Waals surface area (Å²) < 4.78 is 7.53. The van der Waals surface area contributed by atoms with Crippen molar-refractivity contribution in [2.75, 3.05) is 6.61 Å². The zero-order chi connectivity index (χ0) is 9.19. The molecular formula is C8H10O3. The summed E-state index contributed by atoms with van der Waals surface area (Å²) in [7, 11) is 0. The topological polar surface area (TPSA) is 57.5 Å². The molecule has 1 unspecified atom stereocenters. The van der Waals surface area contributed by atoms with Crippen molar-refractivity contribution in [3.8, 4) is 0 Å². The molecule has 0 spiro atoms. The van der Waals surface area contributed by atoms with Crippen LogP contribution in [0.25, 0.3) is 0 Å². The molecule has 0 bridgehead atoms. The molecule has 0 aromatic heterocycles. The monoisotopic (exact) mass is 155 g/mol. The molecule has 1 atom stereocenters. The first-order valence-electron chi connectivity index (χ1n) is 3.81. The lowest BCUT2D eigenvalue weighted by molar-refractivity contribution is -0.132. The smallest absolute Gasteiger partial charge is 0.335 e. The van der Waals surface area contributed by atoms with Gasteiger partial charge in [0.15, 0.2) is 0 Å². The predicted octanol–water partition coefficient (Wildman–Crippen LogP) is 0.566. The van der Waals surface area contributed by atoms with Crippen molar-refractivity contribution in [2.45, 2.75) is 6.42 Å². The Bertz CT molecular complexity index is 257. The highest BCUT2D eigenvalue weighted by molar-refractivity contribution is 5.90. The molecule has 3 heteroatoms. The van der Waals surface area contributed by atoms with Gasteiger partial charge in [0.1, 0.15) is 0 Å². The molecular weight excluding hydrogens is 144 g/mol. The lowest BCUT2D eigenvalue weighted by Gasteiger charge is -2.10. The Morgan fingerprint density at radius 1 is 1.91 bits per heavy atom. The van der Waals surface area contributed by atoms with Crippen LogP contribution < -0.4 is 0 Å². The number of carboxylic acids is 1. The summed E-state index contributed by atoms with van der Waals surface area (Å²) in [5.41, 5.74) is 0.186. The second-order valence-electron chi connectivity index (χ2n) is 2.32. The molecule has 0 saturated heterocycles. The first kappa shape index (κ1) is 6.61. The van der Waals surface area contributed by atoms with Crippen molar-refractivity contribution in [3.05, 3.63) is 23.8 Å². The Hall–Kier alpha value is -1.09. The zero-order valence-electron chi connectivity index (χ0n) is 6.95. The van der Waals surface area contributed by atoms with Crippen LogP contribution in [0.2, 0.25) is 0 Å². The van der Waals surface area contributed by atoms with Crippen LogP contribution >= 0.6 is 0 Å². The predicted molar refractivity (Wildman–Crippen MR) is 40.1 cm³/mol. The first-order valence-corrected chi connectivity index (χ1v) is 3.31. The number of aliphatic hydroxyl groups excluding tert-OH is 1. The van der Waals surface area contributed by atoms with Crippen molar-refractivity contribution < 1.29 is 16.4 Å². The van der Waals surface area contributed by atoms with Gasteiger partial charge in [-0.2, -0.15) is 0 Å². The van der Waals surface area contributed by atoms with E-state index in [9.17, 15) is 4.79 Å². The Morgan fingerprint density at radius 3 is 3.00 bits per heavy atom. The van der Waals surface area contributed by atoms with Crippen molar-refractivity contribution in [3.63, 3.8) is 0 Å². The van der Waals surface area contributed by atoms with Gasteiger partial charge >= 0.3 is 5.97 Å². The molecule has 0 radical (unpaired) electrons. The molecule has 0 amide bonds. The van der Waals surface area contributed by atoms with Gasteiger partial charge in [0, 0.05) is 13.9 Å². The summed E-state index contributed by atoms with van der Waals surface area (Å²) in [5, 5.41) is 17.3. The van der Waals surface area contributed by atoms with Gasteiger partial charge in [-0.1, -0.05) is 18.2 Å². The normalized spacial score (nSPS) is 31.0. The van der Waals surface area contributed by atoms with Crippen LogP contribution in [0.3, 0.4) is 0 Å². The van der Waals surface area contributed by atoms with Crippen LogP contribution in [-0.2, 0) is 4.79 Å². The number of hydrogen-bond donors (Lipinski definition) is 2. The highest BCUT2D eigenvalue weighted by Crippen LogP contribution is 2.15. The maximum atomic E-state index is 10.4. The third-order valence-corrected chi connectivity index (χ3v) is 1.53. The molecule has 0 fully saturated rings. The molecule has 1 aliphatic carbocycles. The number of carboxylic acid groups (broad SMARTS) is 1. The summed E-state index contributed by atoms with van der Waals surface area (Å²) in [4.78, 5) is 10.4. The summed E-state index contributed by atoms with van der Waals surface area (Å²) in [6, 6.07) is 0. The van der Waals surface area contributed by atoms with E-state index < -0.39 is 11.9 Å². The van der Waals surface area contributed by atoms with Crippen LogP contribution in [-0.4, -0.2) is 22.8 Å². The zero-order valence-corrected chi connectivity index (χ0v) is 5.95. The highest BCUT2D eigenvalue weighted by Gasteiger charge is 2.10. The van der Waals surface area contributed by atoms with Gasteiger partial charge in [0.2, 0.25) is 0 Å². The number of aliphatic carboxylic acids is 1. The minimum absolute atomic E-state index is 0.186. The van der Waals surface area contributed by atoms with Gasteiger partial charge in [0.05, 0.1) is 5.57 Å². The molecule has 60 valence electrons. The van der Waals surface area contributed by atoms with Crippen molar-refractivity contribution in [1.29, 1.82) is 0 Å². The van der Waals surface area contributed by atoms with Crippen molar-refractivity contribution >= 4 is 5.97 Å². The summed E-state index contributed by atoms with van der Waals surface area (Å²) in [6.45, 7) is -0.285. The van der Waals surface area contributed by atoms with Crippen LogP contribution in [0.4, 0.5) is 0 Å². The number of carbonyl (C=O) groups is 1. The third-order valence-electron chi connectivity index (χ3n) is 1.53. The van der Waals surface area contributed by atoms with Crippen LogP contribution in [0.15, 0.2) is 23.8 Å². The van der Waals surface area contributed by atoms with E-state index in [0.29, 0.717) is 0 Å². The minimum atomic E-state index is -1.03.